The lowest BCUT2D eigenvalue weighted by Crippen LogP contribution is -2.40. The summed E-state index contributed by atoms with van der Waals surface area (Å²) in [4.78, 5) is 30.4. The van der Waals surface area contributed by atoms with Gasteiger partial charge in [0.25, 0.3) is 11.7 Å². The van der Waals surface area contributed by atoms with Crippen molar-refractivity contribution in [2.45, 2.75) is 44.6 Å². The molecule has 2 aliphatic rings. The Balaban J connectivity index is 1.73. The van der Waals surface area contributed by atoms with Gasteiger partial charge in [-0.1, -0.05) is 52.0 Å². The zero-order valence-corrected chi connectivity index (χ0v) is 24.5. The molecule has 2 heterocycles. The zero-order chi connectivity index (χ0) is 29.0. The number of nitrogens with zero attached hydrogens (tertiary/aromatic N) is 3. The van der Waals surface area contributed by atoms with E-state index in [0.717, 1.165) is 24.2 Å². The van der Waals surface area contributed by atoms with Gasteiger partial charge < -0.3 is 19.6 Å². The van der Waals surface area contributed by atoms with Crippen LogP contribution in [0.3, 0.4) is 0 Å². The number of carbonyl (C=O) groups excluding carboxylic acids is 2. The highest BCUT2D eigenvalue weighted by molar-refractivity contribution is 7.89. The van der Waals surface area contributed by atoms with E-state index in [9.17, 15) is 23.1 Å². The van der Waals surface area contributed by atoms with Crippen molar-refractivity contribution in [1.29, 1.82) is 0 Å². The molecule has 1 N–H and O–H groups in total. The fourth-order valence-electron chi connectivity index (χ4n) is 5.19. The van der Waals surface area contributed by atoms with E-state index >= 15 is 0 Å². The number of morpholine rings is 1. The first kappa shape index (κ1) is 29.9. The SMILES string of the molecule is CCN(CC)CCN1C(=O)C(=O)C(=C(O)c2ccc(S(=O)(=O)N3CCOCC3)cc2)[C@@H]1c1ccc(C(C)C)cc1. The van der Waals surface area contributed by atoms with E-state index in [0.29, 0.717) is 32.2 Å². The Morgan fingerprint density at radius 2 is 1.60 bits per heavy atom. The van der Waals surface area contributed by atoms with E-state index in [1.54, 1.807) is 0 Å². The molecule has 2 aromatic carbocycles. The number of ether oxygens (including phenoxy) is 1. The summed E-state index contributed by atoms with van der Waals surface area (Å²) in [5, 5.41) is 11.4. The van der Waals surface area contributed by atoms with Crippen molar-refractivity contribution in [3.63, 3.8) is 0 Å². The average molecular weight is 570 g/mol. The Morgan fingerprint density at radius 1 is 1.00 bits per heavy atom. The molecule has 1 amide bonds. The maximum atomic E-state index is 13.4. The van der Waals surface area contributed by atoms with E-state index in [2.05, 4.69) is 18.7 Å². The number of aliphatic hydroxyl groups is 1. The number of likely N-dealkylation sites (N-methyl/N-ethyl adjacent to an activating group) is 1. The van der Waals surface area contributed by atoms with Crippen LogP contribution in [-0.4, -0.2) is 91.8 Å². The number of ketones is 1. The minimum atomic E-state index is -3.72. The van der Waals surface area contributed by atoms with Gasteiger partial charge in [0, 0.05) is 31.7 Å². The number of hydrogen-bond donors (Lipinski definition) is 1. The van der Waals surface area contributed by atoms with Crippen LogP contribution in [0.2, 0.25) is 0 Å². The van der Waals surface area contributed by atoms with Crippen LogP contribution in [0.25, 0.3) is 5.76 Å². The van der Waals surface area contributed by atoms with E-state index in [1.807, 2.05) is 38.1 Å². The number of sulfonamides is 1. The molecule has 0 aromatic heterocycles. The number of likely N-dealkylation sites (tertiary alicyclic amines) is 1. The van der Waals surface area contributed by atoms with Gasteiger partial charge in [-0.2, -0.15) is 4.31 Å². The van der Waals surface area contributed by atoms with Crippen LogP contribution in [0, 0.1) is 0 Å². The number of amides is 1. The van der Waals surface area contributed by atoms with Crippen molar-refractivity contribution < 1.29 is 27.9 Å². The largest absolute Gasteiger partial charge is 0.507 e. The third-order valence-electron chi connectivity index (χ3n) is 7.75. The maximum absolute atomic E-state index is 13.4. The molecule has 4 rings (SSSR count). The standard InChI is InChI=1S/C30H39N3O6S/c1-5-31(6-2)15-16-33-27(23-9-7-22(8-10-23)21(3)4)26(29(35)30(33)36)28(34)24-11-13-25(14-12-24)40(37,38)32-17-19-39-20-18-32/h7-14,21,27,34H,5-6,15-20H2,1-4H3/t27-/m0/s1. The number of Topliss-reactive ketones (excluding diaryl/α,β-unsaturated/α-hetero) is 1. The molecule has 2 fully saturated rings. The Kier molecular flexibility index (Phi) is 9.45. The first-order valence-electron chi connectivity index (χ1n) is 13.9. The van der Waals surface area contributed by atoms with Gasteiger partial charge in [-0.05, 0) is 54.4 Å². The maximum Gasteiger partial charge on any atom is 0.295 e. The third kappa shape index (κ3) is 6.00. The number of hydrogen-bond acceptors (Lipinski definition) is 7. The molecule has 0 radical (unpaired) electrons. The lowest BCUT2D eigenvalue weighted by molar-refractivity contribution is -0.140. The van der Waals surface area contributed by atoms with Crippen LogP contribution >= 0.6 is 0 Å². The fourth-order valence-corrected chi connectivity index (χ4v) is 6.59. The van der Waals surface area contributed by atoms with Gasteiger partial charge in [0.1, 0.15) is 5.76 Å². The third-order valence-corrected chi connectivity index (χ3v) is 9.66. The Hall–Kier alpha value is -3.05. The lowest BCUT2D eigenvalue weighted by atomic mass is 9.93. The summed E-state index contributed by atoms with van der Waals surface area (Å²) in [6.45, 7) is 12.0. The highest BCUT2D eigenvalue weighted by Gasteiger charge is 2.46. The highest BCUT2D eigenvalue weighted by atomic mass is 32.2. The van der Waals surface area contributed by atoms with Crippen molar-refractivity contribution in [3.8, 4) is 0 Å². The second-order valence-electron chi connectivity index (χ2n) is 10.4. The molecular weight excluding hydrogens is 530 g/mol. The number of aliphatic hydroxyl groups excluding tert-OH is 1. The molecule has 2 aliphatic heterocycles. The molecule has 2 aromatic rings. The van der Waals surface area contributed by atoms with Gasteiger partial charge in [-0.15, -0.1) is 0 Å². The monoisotopic (exact) mass is 569 g/mol. The molecule has 0 spiro atoms. The molecule has 0 aliphatic carbocycles. The number of carbonyl (C=O) groups is 2. The molecular formula is C30H39N3O6S. The van der Waals surface area contributed by atoms with Gasteiger partial charge in [0.15, 0.2) is 0 Å². The molecule has 2 saturated heterocycles. The Labute approximate surface area is 237 Å². The molecule has 0 unspecified atom stereocenters. The summed E-state index contributed by atoms with van der Waals surface area (Å²) >= 11 is 0. The van der Waals surface area contributed by atoms with Crippen molar-refractivity contribution in [3.05, 3.63) is 70.8 Å². The fraction of sp³-hybridized carbons (Fsp3) is 0.467. The second kappa shape index (κ2) is 12.6. The Morgan fingerprint density at radius 3 is 2.15 bits per heavy atom. The van der Waals surface area contributed by atoms with Gasteiger partial charge in [0.05, 0.1) is 29.7 Å². The number of benzene rings is 2. The minimum absolute atomic E-state index is 0.00521. The van der Waals surface area contributed by atoms with Gasteiger partial charge >= 0.3 is 0 Å². The van der Waals surface area contributed by atoms with Crippen LogP contribution in [0.5, 0.6) is 0 Å². The summed E-state index contributed by atoms with van der Waals surface area (Å²) in [5.74, 6) is -1.41. The molecule has 1 atom stereocenters. The zero-order valence-electron chi connectivity index (χ0n) is 23.7. The van der Waals surface area contributed by atoms with E-state index in [4.69, 9.17) is 4.74 Å². The predicted molar refractivity (Wildman–Crippen MR) is 153 cm³/mol. The average Bonchev–Trinajstić information content (AvgIpc) is 3.23. The molecule has 216 valence electrons. The van der Waals surface area contributed by atoms with E-state index in [-0.39, 0.29) is 34.9 Å². The molecule has 0 bridgehead atoms. The van der Waals surface area contributed by atoms with Crippen molar-refractivity contribution >= 4 is 27.5 Å². The van der Waals surface area contributed by atoms with Crippen molar-refractivity contribution in [1.82, 2.24) is 14.1 Å². The summed E-state index contributed by atoms with van der Waals surface area (Å²) < 4.78 is 32.7. The summed E-state index contributed by atoms with van der Waals surface area (Å²) in [5.41, 5.74) is 2.13. The summed E-state index contributed by atoms with van der Waals surface area (Å²) in [6, 6.07) is 12.8. The normalized spacial score (nSPS) is 20.1. The van der Waals surface area contributed by atoms with Crippen LogP contribution in [0.1, 0.15) is 56.3 Å². The van der Waals surface area contributed by atoms with Crippen LogP contribution in [-0.2, 0) is 24.3 Å². The van der Waals surface area contributed by atoms with Gasteiger partial charge in [0.2, 0.25) is 10.0 Å². The van der Waals surface area contributed by atoms with Gasteiger partial charge in [-0.25, -0.2) is 8.42 Å². The number of rotatable bonds is 10. The smallest absolute Gasteiger partial charge is 0.295 e. The Bertz CT molecular complexity index is 1340. The van der Waals surface area contributed by atoms with E-state index < -0.39 is 27.8 Å². The summed E-state index contributed by atoms with van der Waals surface area (Å²) in [7, 11) is -3.72. The first-order valence-corrected chi connectivity index (χ1v) is 15.3. The van der Waals surface area contributed by atoms with Gasteiger partial charge in [-0.3, -0.25) is 9.59 Å². The minimum Gasteiger partial charge on any atom is -0.507 e. The molecule has 0 saturated carbocycles. The topological polar surface area (TPSA) is 107 Å². The molecule has 10 heteroatoms. The molecule has 9 nitrogen and oxygen atoms in total. The summed E-state index contributed by atoms with van der Waals surface area (Å²) in [6.07, 6.45) is 0. The van der Waals surface area contributed by atoms with Crippen molar-refractivity contribution in [2.24, 2.45) is 0 Å². The predicted octanol–water partition coefficient (Wildman–Crippen LogP) is 3.59. The molecule has 40 heavy (non-hydrogen) atoms. The first-order chi connectivity index (χ1) is 19.1. The van der Waals surface area contributed by atoms with Crippen LogP contribution < -0.4 is 0 Å². The second-order valence-corrected chi connectivity index (χ2v) is 12.3. The van der Waals surface area contributed by atoms with Crippen LogP contribution in [0.4, 0.5) is 0 Å². The highest BCUT2D eigenvalue weighted by Crippen LogP contribution is 2.39. The van der Waals surface area contributed by atoms with E-state index in [1.165, 1.54) is 33.5 Å². The van der Waals surface area contributed by atoms with Crippen molar-refractivity contribution in [2.75, 3.05) is 52.5 Å². The van der Waals surface area contributed by atoms with Crippen LogP contribution in [0.15, 0.2) is 59.0 Å². The lowest BCUT2D eigenvalue weighted by Gasteiger charge is -2.28. The quantitative estimate of drug-likeness (QED) is 0.265.